The first-order valence-corrected chi connectivity index (χ1v) is 8.01. The monoisotopic (exact) mass is 278 g/mol. The first-order chi connectivity index (χ1) is 9.73. The average molecular weight is 278 g/mol. The summed E-state index contributed by atoms with van der Waals surface area (Å²) in [7, 11) is 0. The lowest BCUT2D eigenvalue weighted by Gasteiger charge is -2.40. The molecule has 0 aromatic carbocycles. The summed E-state index contributed by atoms with van der Waals surface area (Å²) in [5, 5.41) is 14.9. The van der Waals surface area contributed by atoms with E-state index in [1.165, 1.54) is 32.1 Å². The molecule has 2 heterocycles. The van der Waals surface area contributed by atoms with Crippen molar-refractivity contribution in [2.24, 2.45) is 5.92 Å². The Morgan fingerprint density at radius 1 is 1.20 bits per heavy atom. The van der Waals surface area contributed by atoms with Crippen LogP contribution < -0.4 is 0 Å². The summed E-state index contributed by atoms with van der Waals surface area (Å²) < 4.78 is 1.93. The van der Waals surface area contributed by atoms with Crippen LogP contribution in [0.5, 0.6) is 0 Å². The van der Waals surface area contributed by atoms with Crippen LogP contribution in [0.3, 0.4) is 0 Å². The molecule has 0 spiro atoms. The van der Waals surface area contributed by atoms with Gasteiger partial charge in [0.1, 0.15) is 12.7 Å². The van der Waals surface area contributed by atoms with Crippen molar-refractivity contribution in [3.63, 3.8) is 0 Å². The van der Waals surface area contributed by atoms with E-state index in [4.69, 9.17) is 0 Å². The Kier molecular flexibility index (Phi) is 4.36. The third-order valence-electron chi connectivity index (χ3n) is 4.82. The number of hydrogen-bond donors (Lipinski definition) is 1. The predicted molar refractivity (Wildman–Crippen MR) is 77.2 cm³/mol. The van der Waals surface area contributed by atoms with Gasteiger partial charge in [-0.05, 0) is 38.1 Å². The van der Waals surface area contributed by atoms with Gasteiger partial charge in [-0.3, -0.25) is 4.68 Å². The fraction of sp³-hybridized carbons (Fsp3) is 0.867. The van der Waals surface area contributed by atoms with Gasteiger partial charge in [0, 0.05) is 19.6 Å². The van der Waals surface area contributed by atoms with Crippen molar-refractivity contribution >= 4 is 0 Å². The van der Waals surface area contributed by atoms with Gasteiger partial charge in [0.25, 0.3) is 0 Å². The molecular weight excluding hydrogens is 252 g/mol. The van der Waals surface area contributed by atoms with Gasteiger partial charge in [0.2, 0.25) is 0 Å². The van der Waals surface area contributed by atoms with Crippen LogP contribution in [0.25, 0.3) is 0 Å². The van der Waals surface area contributed by atoms with Crippen molar-refractivity contribution in [3.05, 3.63) is 12.7 Å². The molecule has 1 aromatic rings. The number of β-amino-alcohol motifs (C(OH)–C–C–N with tert-alkyl or cyclic N) is 1. The molecule has 1 aliphatic carbocycles. The van der Waals surface area contributed by atoms with Crippen molar-refractivity contribution in [3.8, 4) is 0 Å². The molecule has 112 valence electrons. The Balaban J connectivity index is 1.52. The Hall–Kier alpha value is -0.940. The van der Waals surface area contributed by atoms with E-state index in [0.717, 1.165) is 39.0 Å². The first kappa shape index (κ1) is 14.0. The highest BCUT2D eigenvalue weighted by atomic mass is 16.3. The van der Waals surface area contributed by atoms with Crippen LogP contribution >= 0.6 is 0 Å². The number of aromatic nitrogens is 3. The molecule has 5 heteroatoms. The summed E-state index contributed by atoms with van der Waals surface area (Å²) in [5.74, 6) is 0.637. The molecule has 0 unspecified atom stereocenters. The van der Waals surface area contributed by atoms with Crippen LogP contribution in [0.4, 0.5) is 0 Å². The fourth-order valence-electron chi connectivity index (χ4n) is 3.82. The van der Waals surface area contributed by atoms with E-state index in [-0.39, 0.29) is 0 Å². The van der Waals surface area contributed by atoms with Gasteiger partial charge in [-0.25, -0.2) is 4.98 Å². The Morgan fingerprint density at radius 3 is 2.80 bits per heavy atom. The molecule has 1 aromatic heterocycles. The zero-order valence-corrected chi connectivity index (χ0v) is 12.2. The Bertz CT molecular complexity index is 400. The normalized spacial score (nSPS) is 27.6. The van der Waals surface area contributed by atoms with Crippen molar-refractivity contribution in [2.45, 2.75) is 57.1 Å². The highest BCUT2D eigenvalue weighted by molar-refractivity contribution is 4.87. The summed E-state index contributed by atoms with van der Waals surface area (Å²) >= 11 is 0. The second kappa shape index (κ2) is 6.22. The van der Waals surface area contributed by atoms with Crippen LogP contribution in [-0.2, 0) is 6.54 Å². The summed E-state index contributed by atoms with van der Waals surface area (Å²) in [6.45, 7) is 4.04. The summed E-state index contributed by atoms with van der Waals surface area (Å²) in [4.78, 5) is 6.48. The zero-order chi connectivity index (χ0) is 13.8. The minimum Gasteiger partial charge on any atom is -0.389 e. The van der Waals surface area contributed by atoms with Gasteiger partial charge < -0.3 is 10.0 Å². The molecule has 5 nitrogen and oxygen atoms in total. The maximum Gasteiger partial charge on any atom is 0.137 e. The molecule has 0 bridgehead atoms. The number of rotatable bonds is 4. The van der Waals surface area contributed by atoms with E-state index in [2.05, 4.69) is 15.0 Å². The van der Waals surface area contributed by atoms with Crippen molar-refractivity contribution in [1.29, 1.82) is 0 Å². The van der Waals surface area contributed by atoms with E-state index in [0.29, 0.717) is 5.92 Å². The standard InChI is InChI=1S/C15H26N4O/c20-15(6-2-1-3-7-15)11-18-8-4-5-14(9-18)10-19-13-16-12-17-19/h12-14,20H,1-11H2/t14-/m0/s1. The van der Waals surface area contributed by atoms with Crippen molar-refractivity contribution in [1.82, 2.24) is 19.7 Å². The molecule has 20 heavy (non-hydrogen) atoms. The van der Waals surface area contributed by atoms with E-state index < -0.39 is 5.60 Å². The summed E-state index contributed by atoms with van der Waals surface area (Å²) in [6.07, 6.45) is 11.5. The quantitative estimate of drug-likeness (QED) is 0.910. The van der Waals surface area contributed by atoms with E-state index in [1.807, 2.05) is 4.68 Å². The van der Waals surface area contributed by atoms with Crippen LogP contribution in [0.1, 0.15) is 44.9 Å². The minimum absolute atomic E-state index is 0.423. The van der Waals surface area contributed by atoms with Crippen LogP contribution in [0.2, 0.25) is 0 Å². The number of aliphatic hydroxyl groups is 1. The van der Waals surface area contributed by atoms with Gasteiger partial charge in [-0.2, -0.15) is 5.10 Å². The molecule has 0 amide bonds. The molecule has 1 saturated heterocycles. The highest BCUT2D eigenvalue weighted by Crippen LogP contribution is 2.30. The molecule has 3 rings (SSSR count). The van der Waals surface area contributed by atoms with Gasteiger partial charge in [0.05, 0.1) is 5.60 Å². The molecule has 1 saturated carbocycles. The molecule has 2 aliphatic rings. The highest BCUT2D eigenvalue weighted by Gasteiger charge is 2.33. The van der Waals surface area contributed by atoms with E-state index >= 15 is 0 Å². The van der Waals surface area contributed by atoms with Crippen LogP contribution in [-0.4, -0.2) is 50.0 Å². The van der Waals surface area contributed by atoms with Gasteiger partial charge >= 0.3 is 0 Å². The lowest BCUT2D eigenvalue weighted by atomic mass is 9.84. The van der Waals surface area contributed by atoms with E-state index in [1.54, 1.807) is 12.7 Å². The largest absolute Gasteiger partial charge is 0.389 e. The number of nitrogens with zero attached hydrogens (tertiary/aromatic N) is 4. The SMILES string of the molecule is OC1(CN2CCC[C@H](Cn3cncn3)C2)CCCCC1. The lowest BCUT2D eigenvalue weighted by Crippen LogP contribution is -2.48. The fourth-order valence-corrected chi connectivity index (χ4v) is 3.82. The van der Waals surface area contributed by atoms with Crippen molar-refractivity contribution < 1.29 is 5.11 Å². The Morgan fingerprint density at radius 2 is 2.05 bits per heavy atom. The topological polar surface area (TPSA) is 54.2 Å². The van der Waals surface area contributed by atoms with Crippen LogP contribution in [0, 0.1) is 5.92 Å². The van der Waals surface area contributed by atoms with E-state index in [9.17, 15) is 5.11 Å². The number of likely N-dealkylation sites (tertiary alicyclic amines) is 1. The zero-order valence-electron chi connectivity index (χ0n) is 12.2. The summed E-state index contributed by atoms with van der Waals surface area (Å²) in [5.41, 5.74) is -0.423. The van der Waals surface area contributed by atoms with Crippen LogP contribution in [0.15, 0.2) is 12.7 Å². The molecule has 2 fully saturated rings. The second-order valence-corrected chi connectivity index (χ2v) is 6.65. The third kappa shape index (κ3) is 3.58. The minimum atomic E-state index is -0.423. The van der Waals surface area contributed by atoms with Gasteiger partial charge in [-0.1, -0.05) is 19.3 Å². The first-order valence-electron chi connectivity index (χ1n) is 8.01. The molecule has 1 N–H and O–H groups in total. The van der Waals surface area contributed by atoms with Crippen molar-refractivity contribution in [2.75, 3.05) is 19.6 Å². The molecule has 0 radical (unpaired) electrons. The Labute approximate surface area is 121 Å². The molecule has 1 atom stereocenters. The maximum atomic E-state index is 10.7. The molecular formula is C15H26N4O. The average Bonchev–Trinajstić information content (AvgIpc) is 2.92. The maximum absolute atomic E-state index is 10.7. The smallest absolute Gasteiger partial charge is 0.137 e. The third-order valence-corrected chi connectivity index (χ3v) is 4.82. The lowest BCUT2D eigenvalue weighted by molar-refractivity contribution is -0.0352. The second-order valence-electron chi connectivity index (χ2n) is 6.65. The number of hydrogen-bond acceptors (Lipinski definition) is 4. The summed E-state index contributed by atoms with van der Waals surface area (Å²) in [6, 6.07) is 0. The molecule has 1 aliphatic heterocycles. The van der Waals surface area contributed by atoms with Gasteiger partial charge in [0.15, 0.2) is 0 Å². The number of piperidine rings is 1. The van der Waals surface area contributed by atoms with Gasteiger partial charge in [-0.15, -0.1) is 0 Å². The predicted octanol–water partition coefficient (Wildman–Crippen LogP) is 1.69.